The predicted octanol–water partition coefficient (Wildman–Crippen LogP) is 6.03. The van der Waals surface area contributed by atoms with Crippen LogP contribution in [-0.2, 0) is 30.4 Å². The number of hydrogen-bond donors (Lipinski definition) is 8. The number of ketones is 1. The number of fused-ring (bicyclic) bond motifs is 2. The number of phenols is 1. The number of aromatic carboxylic acids is 1. The van der Waals surface area contributed by atoms with Crippen LogP contribution in [0.15, 0.2) is 108 Å². The number of hydrogen-bond acceptors (Lipinski definition) is 16. The summed E-state index contributed by atoms with van der Waals surface area (Å²) in [4.78, 5) is 26.7. The van der Waals surface area contributed by atoms with E-state index < -0.39 is 74.3 Å². The number of aliphatic hydroxyl groups is 1. The topological polar surface area (TPSA) is 350 Å². The number of carboxylic acids is 1. The van der Waals surface area contributed by atoms with Gasteiger partial charge in [-0.3, -0.25) is 23.9 Å². The predicted molar refractivity (Wildman–Crippen MR) is 222 cm³/mol. The number of carboxylic acid groups (broad SMARTS) is 1. The molecule has 0 saturated heterocycles. The van der Waals surface area contributed by atoms with E-state index in [9.17, 15) is 63.8 Å². The zero-order chi connectivity index (χ0) is 45.5. The molecular weight excluding hydrogens is 881 g/mol. The zero-order valence-electron chi connectivity index (χ0n) is 31.8. The van der Waals surface area contributed by atoms with Crippen LogP contribution in [0, 0.1) is 6.92 Å². The molecule has 0 radical (unpaired) electrons. The van der Waals surface area contributed by atoms with Crippen LogP contribution in [0.25, 0.3) is 16.8 Å². The van der Waals surface area contributed by atoms with Crippen LogP contribution in [0.4, 0.5) is 28.4 Å². The van der Waals surface area contributed by atoms with E-state index in [1.54, 1.807) is 6.92 Å². The molecule has 0 spiro atoms. The molecule has 0 heterocycles. The van der Waals surface area contributed by atoms with Crippen molar-refractivity contribution in [2.75, 3.05) is 25.0 Å². The molecule has 0 amide bonds. The fraction of sp³-hybridized carbons (Fsp3) is 0.0811. The molecule has 0 bridgehead atoms. The third kappa shape index (κ3) is 9.36. The van der Waals surface area contributed by atoms with Crippen molar-refractivity contribution in [3.8, 4) is 17.2 Å². The summed E-state index contributed by atoms with van der Waals surface area (Å²) >= 11 is 0. The Bertz CT molecular complexity index is 3210. The maximum atomic E-state index is 13.5. The van der Waals surface area contributed by atoms with Gasteiger partial charge in [-0.15, -0.1) is 5.11 Å². The number of benzene rings is 5. The van der Waals surface area contributed by atoms with Crippen molar-refractivity contribution >= 4 is 99.1 Å². The summed E-state index contributed by atoms with van der Waals surface area (Å²) < 4.78 is 112. The van der Waals surface area contributed by atoms with Crippen molar-refractivity contribution < 1.29 is 73.3 Å². The van der Waals surface area contributed by atoms with Crippen LogP contribution in [-0.4, -0.2) is 91.9 Å². The van der Waals surface area contributed by atoms with Gasteiger partial charge in [0.2, 0.25) is 5.78 Å². The number of aliphatic hydroxyl groups excluding tert-OH is 1. The molecule has 25 heteroatoms. The normalized spacial score (nSPS) is 14.2. The van der Waals surface area contributed by atoms with Gasteiger partial charge >= 0.3 is 5.97 Å². The first-order chi connectivity index (χ1) is 29.0. The Morgan fingerprint density at radius 1 is 0.726 bits per heavy atom. The first kappa shape index (κ1) is 44.3. The quantitative estimate of drug-likeness (QED) is 0.0233. The largest absolute Gasteiger partial charge is 0.507 e. The van der Waals surface area contributed by atoms with Crippen molar-refractivity contribution in [1.29, 1.82) is 0 Å². The summed E-state index contributed by atoms with van der Waals surface area (Å²) in [6.45, 7) is 1.55. The van der Waals surface area contributed by atoms with Gasteiger partial charge in [0, 0.05) is 23.4 Å². The second-order valence-corrected chi connectivity index (χ2v) is 17.1. The van der Waals surface area contributed by atoms with E-state index in [-0.39, 0.29) is 67.4 Å². The standard InChI is InChI=1S/C37H30N6O16S3/c1-17-8-26(31(59-3)16-25(17)40-42-28-14-22(60(49,50)51)10-20-11-23(61(52,53)54)15-29(44)33(20)28)39-37(48)38-21-5-6-24-19(9-21)13-32(62(55,56)57)34(35(24)45)43-41-27-12-18(36(46)47)4-7-30(27)58-2/h4-16,41,44H,1-3H3,(H,46,47)(H2,38,39,48)(H,49,50,51)(H,52,53,54)(H,55,56,57)/b42-40?,43-34+. The van der Waals surface area contributed by atoms with Crippen molar-refractivity contribution in [1.82, 2.24) is 0 Å². The van der Waals surface area contributed by atoms with Crippen LogP contribution in [0.2, 0.25) is 0 Å². The number of allylic oxidation sites excluding steroid dienone is 1. The number of aryl methyl sites for hydroxylation is 1. The third-order valence-electron chi connectivity index (χ3n) is 8.84. The molecule has 0 unspecified atom stereocenters. The molecule has 0 fully saturated rings. The van der Waals surface area contributed by atoms with Gasteiger partial charge in [0.15, 0.2) is 5.71 Å². The van der Waals surface area contributed by atoms with E-state index >= 15 is 0 Å². The molecule has 1 aliphatic rings. The lowest BCUT2D eigenvalue weighted by Gasteiger charge is -2.18. The molecule has 62 heavy (non-hydrogen) atoms. The van der Waals surface area contributed by atoms with Gasteiger partial charge < -0.3 is 30.1 Å². The average molecular weight is 911 g/mol. The van der Waals surface area contributed by atoms with Crippen LogP contribution in [0.5, 0.6) is 17.2 Å². The van der Waals surface area contributed by atoms with Gasteiger partial charge in [0.05, 0.1) is 52.0 Å². The van der Waals surface area contributed by atoms with E-state index in [0.29, 0.717) is 11.6 Å². The number of carbonyl (C=O) groups excluding carboxylic acids is 1. The minimum absolute atomic E-state index is 0.0135. The van der Waals surface area contributed by atoms with Crippen molar-refractivity contribution in [2.45, 2.75) is 16.7 Å². The first-order valence-electron chi connectivity index (χ1n) is 17.0. The number of Topliss-reactive ketones (excluding diaryl/α,β-unsaturated/α-hetero) is 1. The molecule has 0 aliphatic heterocycles. The molecule has 6 rings (SSSR count). The maximum Gasteiger partial charge on any atom is 0.335 e. The molecule has 22 nitrogen and oxygen atoms in total. The van der Waals surface area contributed by atoms with Gasteiger partial charge in [-0.1, -0.05) is 0 Å². The van der Waals surface area contributed by atoms with Gasteiger partial charge in [-0.05, 0) is 90.2 Å². The van der Waals surface area contributed by atoms with Gasteiger partial charge in [0.1, 0.15) is 27.8 Å². The summed E-state index contributed by atoms with van der Waals surface area (Å²) in [6.07, 6.45) is 0.955. The van der Waals surface area contributed by atoms with Crippen LogP contribution >= 0.6 is 0 Å². The van der Waals surface area contributed by atoms with Gasteiger partial charge in [-0.2, -0.15) is 40.5 Å². The highest BCUT2D eigenvalue weighted by Gasteiger charge is 2.33. The second-order valence-electron chi connectivity index (χ2n) is 12.9. The molecule has 5 aromatic carbocycles. The molecule has 322 valence electrons. The van der Waals surface area contributed by atoms with Crippen LogP contribution in [0.3, 0.4) is 0 Å². The number of rotatable bonds is 12. The number of aromatic hydroxyl groups is 1. The summed E-state index contributed by atoms with van der Waals surface area (Å²) in [6, 6.07) is 12.9. The van der Waals surface area contributed by atoms with Crippen molar-refractivity contribution in [3.63, 3.8) is 0 Å². The molecular formula is C37H30N6O16S3. The SMILES string of the molecule is COc1cc(N=Nc2cc(S(=O)(=O)O)cc3cc(S(=O)(=O)O)cc(O)c23)c(C)cc1N=C(O)Nc1ccc2c(c1)C=C(S(=O)(=O)O)/C(=N\Nc1cc(C(=O)O)ccc1OC)C2=O. The Kier molecular flexibility index (Phi) is 11.9. The highest BCUT2D eigenvalue weighted by molar-refractivity contribution is 7.91. The number of amidine groups is 1. The smallest absolute Gasteiger partial charge is 0.335 e. The first-order valence-corrected chi connectivity index (χ1v) is 21.3. The number of nitrogens with one attached hydrogen (secondary N) is 2. The summed E-state index contributed by atoms with van der Waals surface area (Å²) in [7, 11) is -12.3. The van der Waals surface area contributed by atoms with Crippen LogP contribution < -0.4 is 20.2 Å². The molecule has 8 N–H and O–H groups in total. The van der Waals surface area contributed by atoms with E-state index in [0.717, 1.165) is 30.3 Å². The van der Waals surface area contributed by atoms with Gasteiger partial charge in [-0.25, -0.2) is 4.79 Å². The van der Waals surface area contributed by atoms with E-state index in [4.69, 9.17) is 9.47 Å². The van der Waals surface area contributed by atoms with Crippen molar-refractivity contribution in [2.24, 2.45) is 20.3 Å². The molecule has 1 aliphatic carbocycles. The number of hydrazone groups is 1. The summed E-state index contributed by atoms with van der Waals surface area (Å²) in [5.41, 5.74) is 1.64. The fourth-order valence-electron chi connectivity index (χ4n) is 5.96. The number of carbonyl (C=O) groups is 2. The molecule has 0 atom stereocenters. The lowest BCUT2D eigenvalue weighted by molar-refractivity contribution is 0.0696. The number of anilines is 2. The third-order valence-corrected chi connectivity index (χ3v) is 11.4. The number of ether oxygens (including phenoxy) is 2. The van der Waals surface area contributed by atoms with E-state index in [2.05, 4.69) is 31.1 Å². The van der Waals surface area contributed by atoms with Crippen LogP contribution in [0.1, 0.15) is 31.8 Å². The zero-order valence-corrected chi connectivity index (χ0v) is 34.2. The van der Waals surface area contributed by atoms with E-state index in [1.807, 2.05) is 0 Å². The summed E-state index contributed by atoms with van der Waals surface area (Å²) in [5, 5.41) is 45.0. The minimum atomic E-state index is -5.08. The Morgan fingerprint density at radius 2 is 1.37 bits per heavy atom. The second kappa shape index (κ2) is 16.6. The maximum absolute atomic E-state index is 13.5. The fourth-order valence-corrected chi connectivity index (χ4v) is 7.69. The highest BCUT2D eigenvalue weighted by atomic mass is 32.2. The number of azo groups is 1. The Morgan fingerprint density at radius 3 is 1.98 bits per heavy atom. The molecule has 5 aromatic rings. The Balaban J connectivity index is 1.30. The number of methoxy groups -OCH3 is 2. The molecule has 0 aromatic heterocycles. The minimum Gasteiger partial charge on any atom is -0.507 e. The Labute approximate surface area is 350 Å². The average Bonchev–Trinajstić information content (AvgIpc) is 3.18. The van der Waals surface area contributed by atoms with E-state index in [1.165, 1.54) is 56.7 Å². The number of phenolic OH excluding ortho intramolecular Hbond substituents is 1. The summed E-state index contributed by atoms with van der Waals surface area (Å²) in [5.74, 6) is -2.83. The number of nitrogens with zero attached hydrogens (tertiary/aromatic N) is 4. The Hall–Kier alpha value is -7.29. The monoisotopic (exact) mass is 910 g/mol. The molecule has 0 saturated carbocycles. The van der Waals surface area contributed by atoms with Gasteiger partial charge in [0.25, 0.3) is 36.4 Å². The lowest BCUT2D eigenvalue weighted by atomic mass is 9.94. The van der Waals surface area contributed by atoms with Crippen molar-refractivity contribution in [3.05, 3.63) is 100.0 Å². The number of aliphatic imine (C=N–C) groups is 1. The lowest BCUT2D eigenvalue weighted by Crippen LogP contribution is -2.27. The highest BCUT2D eigenvalue weighted by Crippen LogP contribution is 2.41.